The Kier molecular flexibility index (Phi) is 6.01. The van der Waals surface area contributed by atoms with Gasteiger partial charge in [-0.25, -0.2) is 9.59 Å². The average Bonchev–Trinajstić information content (AvgIpc) is 2.37. The van der Waals surface area contributed by atoms with E-state index in [-0.39, 0.29) is 19.0 Å². The molecule has 0 aliphatic carbocycles. The molecule has 1 fully saturated rings. The van der Waals surface area contributed by atoms with Crippen molar-refractivity contribution < 1.29 is 24.2 Å². The van der Waals surface area contributed by atoms with Gasteiger partial charge in [0.1, 0.15) is 5.60 Å². The molecule has 0 radical (unpaired) electrons. The summed E-state index contributed by atoms with van der Waals surface area (Å²) in [6.07, 6.45) is -0.366. The van der Waals surface area contributed by atoms with Crippen LogP contribution in [0.4, 0.5) is 9.59 Å². The minimum atomic E-state index is -0.959. The van der Waals surface area contributed by atoms with Gasteiger partial charge in [-0.05, 0) is 33.6 Å². The number of nitrogens with zero attached hydrogens (tertiary/aromatic N) is 2. The molecule has 22 heavy (non-hydrogen) atoms. The summed E-state index contributed by atoms with van der Waals surface area (Å²) in [7, 11) is 0. The molecule has 8 heteroatoms. The molecule has 0 saturated carbocycles. The smallest absolute Gasteiger partial charge is 0.410 e. The van der Waals surface area contributed by atoms with E-state index in [1.807, 2.05) is 0 Å². The van der Waals surface area contributed by atoms with Crippen LogP contribution in [-0.2, 0) is 9.53 Å². The third-order valence-electron chi connectivity index (χ3n) is 3.40. The van der Waals surface area contributed by atoms with E-state index in [4.69, 9.17) is 15.6 Å². The third-order valence-corrected chi connectivity index (χ3v) is 3.40. The number of primary amides is 1. The van der Waals surface area contributed by atoms with Crippen LogP contribution < -0.4 is 5.73 Å². The molecule has 0 spiro atoms. The lowest BCUT2D eigenvalue weighted by Crippen LogP contribution is -2.50. The van der Waals surface area contributed by atoms with Crippen LogP contribution >= 0.6 is 0 Å². The summed E-state index contributed by atoms with van der Waals surface area (Å²) >= 11 is 0. The molecular weight excluding hydrogens is 290 g/mol. The topological polar surface area (TPSA) is 113 Å². The number of hydrogen-bond acceptors (Lipinski definition) is 4. The number of likely N-dealkylation sites (tertiary alicyclic amines) is 1. The Balaban J connectivity index is 2.71. The lowest BCUT2D eigenvalue weighted by atomic mass is 10.0. The molecule has 0 aromatic carbocycles. The zero-order valence-electron chi connectivity index (χ0n) is 13.4. The monoisotopic (exact) mass is 315 g/mol. The number of carbonyl (C=O) groups excluding carboxylic acids is 2. The fraction of sp³-hybridized carbons (Fsp3) is 0.786. The quantitative estimate of drug-likeness (QED) is 0.810. The molecule has 0 unspecified atom stereocenters. The number of rotatable bonds is 4. The van der Waals surface area contributed by atoms with Crippen molar-refractivity contribution in [3.63, 3.8) is 0 Å². The summed E-state index contributed by atoms with van der Waals surface area (Å²) in [5, 5.41) is 8.96. The molecule has 0 atom stereocenters. The number of piperidine rings is 1. The second-order valence-corrected chi connectivity index (χ2v) is 6.39. The van der Waals surface area contributed by atoms with E-state index in [9.17, 15) is 14.4 Å². The number of hydrogen-bond donors (Lipinski definition) is 2. The molecule has 3 amide bonds. The van der Waals surface area contributed by atoms with Crippen LogP contribution in [-0.4, -0.2) is 64.3 Å². The van der Waals surface area contributed by atoms with Crippen molar-refractivity contribution in [3.05, 3.63) is 0 Å². The van der Waals surface area contributed by atoms with Crippen LogP contribution in [0.5, 0.6) is 0 Å². The first-order valence-electron chi connectivity index (χ1n) is 7.36. The number of amides is 3. The Morgan fingerprint density at radius 2 is 1.82 bits per heavy atom. The Morgan fingerprint density at radius 1 is 1.27 bits per heavy atom. The van der Waals surface area contributed by atoms with Crippen molar-refractivity contribution in [2.45, 2.75) is 51.7 Å². The summed E-state index contributed by atoms with van der Waals surface area (Å²) in [5.74, 6) is -0.489. The lowest BCUT2D eigenvalue weighted by molar-refractivity contribution is -0.118. The number of nitrogens with two attached hydrogens (primary N) is 1. The van der Waals surface area contributed by atoms with Crippen LogP contribution in [0.25, 0.3) is 0 Å². The van der Waals surface area contributed by atoms with Crippen molar-refractivity contribution in [2.75, 3.05) is 19.6 Å². The first-order chi connectivity index (χ1) is 10.1. The minimum absolute atomic E-state index is 0.0540. The van der Waals surface area contributed by atoms with Gasteiger partial charge in [0.2, 0.25) is 5.91 Å². The van der Waals surface area contributed by atoms with Gasteiger partial charge in [-0.1, -0.05) is 0 Å². The van der Waals surface area contributed by atoms with Gasteiger partial charge < -0.3 is 25.4 Å². The highest BCUT2D eigenvalue weighted by molar-refractivity contribution is 5.75. The summed E-state index contributed by atoms with van der Waals surface area (Å²) in [4.78, 5) is 37.0. The minimum Gasteiger partial charge on any atom is -0.465 e. The highest BCUT2D eigenvalue weighted by Gasteiger charge is 2.32. The maximum absolute atomic E-state index is 12.3. The summed E-state index contributed by atoms with van der Waals surface area (Å²) in [6.45, 7) is 6.20. The first kappa shape index (κ1) is 18.1. The van der Waals surface area contributed by atoms with Gasteiger partial charge in [0, 0.05) is 32.1 Å². The van der Waals surface area contributed by atoms with Crippen LogP contribution in [0.1, 0.15) is 40.0 Å². The van der Waals surface area contributed by atoms with Crippen molar-refractivity contribution >= 4 is 18.1 Å². The number of ether oxygens (including phenoxy) is 1. The van der Waals surface area contributed by atoms with Gasteiger partial charge in [-0.15, -0.1) is 0 Å². The average molecular weight is 315 g/mol. The van der Waals surface area contributed by atoms with Gasteiger partial charge in [-0.3, -0.25) is 4.79 Å². The van der Waals surface area contributed by atoms with E-state index >= 15 is 0 Å². The molecular formula is C14H25N3O5. The molecule has 0 aromatic rings. The standard InChI is InChI=1S/C14H25N3O5/c1-14(2,3)22-13(21)17(9-6-11(15)18)10-4-7-16(8-5-10)12(19)20/h10H,4-9H2,1-3H3,(H2,15,18)(H,19,20). The SMILES string of the molecule is CC(C)(C)OC(=O)N(CCC(N)=O)C1CCN(C(=O)O)CC1. The Morgan fingerprint density at radius 3 is 2.23 bits per heavy atom. The zero-order chi connectivity index (χ0) is 16.9. The van der Waals surface area contributed by atoms with Crippen molar-refractivity contribution in [3.8, 4) is 0 Å². The highest BCUT2D eigenvalue weighted by Crippen LogP contribution is 2.20. The van der Waals surface area contributed by atoms with E-state index in [2.05, 4.69) is 0 Å². The molecule has 1 heterocycles. The van der Waals surface area contributed by atoms with E-state index in [0.717, 1.165) is 0 Å². The van der Waals surface area contributed by atoms with E-state index < -0.39 is 23.7 Å². The van der Waals surface area contributed by atoms with Crippen molar-refractivity contribution in [1.82, 2.24) is 9.80 Å². The van der Waals surface area contributed by atoms with Gasteiger partial charge in [-0.2, -0.15) is 0 Å². The van der Waals surface area contributed by atoms with Gasteiger partial charge in [0.25, 0.3) is 0 Å². The molecule has 0 bridgehead atoms. The number of carbonyl (C=O) groups is 3. The fourth-order valence-electron chi connectivity index (χ4n) is 2.34. The summed E-state index contributed by atoms with van der Waals surface area (Å²) < 4.78 is 5.36. The van der Waals surface area contributed by atoms with Gasteiger partial charge in [0.15, 0.2) is 0 Å². The van der Waals surface area contributed by atoms with E-state index in [0.29, 0.717) is 25.9 Å². The Hall–Kier alpha value is -1.99. The van der Waals surface area contributed by atoms with Gasteiger partial charge >= 0.3 is 12.2 Å². The molecule has 1 saturated heterocycles. The number of carboxylic acid groups (broad SMARTS) is 1. The van der Waals surface area contributed by atoms with Gasteiger partial charge in [0.05, 0.1) is 0 Å². The molecule has 3 N–H and O–H groups in total. The largest absolute Gasteiger partial charge is 0.465 e. The summed E-state index contributed by atoms with van der Waals surface area (Å²) in [6, 6.07) is -0.148. The second kappa shape index (κ2) is 7.33. The van der Waals surface area contributed by atoms with Crippen LogP contribution in [0.3, 0.4) is 0 Å². The first-order valence-corrected chi connectivity index (χ1v) is 7.36. The van der Waals surface area contributed by atoms with Crippen molar-refractivity contribution in [2.24, 2.45) is 5.73 Å². The zero-order valence-corrected chi connectivity index (χ0v) is 13.4. The molecule has 1 rings (SSSR count). The molecule has 1 aliphatic heterocycles. The fourth-order valence-corrected chi connectivity index (χ4v) is 2.34. The molecule has 1 aliphatic rings. The van der Waals surface area contributed by atoms with E-state index in [1.54, 1.807) is 20.8 Å². The highest BCUT2D eigenvalue weighted by atomic mass is 16.6. The second-order valence-electron chi connectivity index (χ2n) is 6.39. The summed E-state index contributed by atoms with van der Waals surface area (Å²) in [5.41, 5.74) is 4.52. The van der Waals surface area contributed by atoms with Crippen molar-refractivity contribution in [1.29, 1.82) is 0 Å². The van der Waals surface area contributed by atoms with Crippen LogP contribution in [0, 0.1) is 0 Å². The molecule has 8 nitrogen and oxygen atoms in total. The normalized spacial score (nSPS) is 16.2. The van der Waals surface area contributed by atoms with E-state index in [1.165, 1.54) is 9.80 Å². The predicted molar refractivity (Wildman–Crippen MR) is 79.4 cm³/mol. The van der Waals surface area contributed by atoms with Crippen LogP contribution in [0.15, 0.2) is 0 Å². The maximum atomic E-state index is 12.3. The molecule has 126 valence electrons. The third kappa shape index (κ3) is 5.79. The Labute approximate surface area is 130 Å². The predicted octanol–water partition coefficient (Wildman–Crippen LogP) is 1.24. The molecule has 0 aromatic heterocycles. The maximum Gasteiger partial charge on any atom is 0.410 e. The Bertz CT molecular complexity index is 425. The van der Waals surface area contributed by atoms with Crippen LogP contribution in [0.2, 0.25) is 0 Å². The lowest BCUT2D eigenvalue weighted by Gasteiger charge is -2.38.